The summed E-state index contributed by atoms with van der Waals surface area (Å²) >= 11 is 0. The second kappa shape index (κ2) is 11.8. The Hall–Kier alpha value is -1.72. The van der Waals surface area contributed by atoms with Crippen LogP contribution in [0.5, 0.6) is 0 Å². The first-order chi connectivity index (χ1) is 12.5. The van der Waals surface area contributed by atoms with Crippen molar-refractivity contribution in [3.8, 4) is 0 Å². The number of aliphatic hydroxyl groups excluding tert-OH is 2. The van der Waals surface area contributed by atoms with Crippen LogP contribution >= 0.6 is 0 Å². The minimum atomic E-state index is -1.02. The van der Waals surface area contributed by atoms with Crippen LogP contribution in [0, 0.1) is 0 Å². The van der Waals surface area contributed by atoms with Crippen LogP contribution in [-0.4, -0.2) is 40.7 Å². The van der Waals surface area contributed by atoms with Gasteiger partial charge in [-0.2, -0.15) is 0 Å². The molecule has 0 atom stereocenters. The van der Waals surface area contributed by atoms with Crippen molar-refractivity contribution in [2.45, 2.75) is 70.8 Å². The topological polar surface area (TPSA) is 86.6 Å². The van der Waals surface area contributed by atoms with Gasteiger partial charge in [-0.25, -0.2) is 0 Å². The van der Waals surface area contributed by atoms with Gasteiger partial charge in [-0.3, -0.25) is 9.59 Å². The number of ketones is 1. The Morgan fingerprint density at radius 3 is 2.15 bits per heavy atom. The van der Waals surface area contributed by atoms with Gasteiger partial charge in [-0.05, 0) is 24.8 Å². The summed E-state index contributed by atoms with van der Waals surface area (Å²) in [7, 11) is 0. The average molecular weight is 363 g/mol. The van der Waals surface area contributed by atoms with Crippen molar-refractivity contribution in [1.29, 1.82) is 0 Å². The monoisotopic (exact) mass is 363 g/mol. The number of aryl methyl sites for hydroxylation is 1. The number of hydrogen-bond donors (Lipinski definition) is 3. The number of benzene rings is 1. The zero-order chi connectivity index (χ0) is 19.4. The predicted molar refractivity (Wildman–Crippen MR) is 103 cm³/mol. The van der Waals surface area contributed by atoms with Gasteiger partial charge in [0.15, 0.2) is 5.78 Å². The van der Waals surface area contributed by atoms with Crippen molar-refractivity contribution in [3.05, 3.63) is 35.4 Å². The second-order valence-electron chi connectivity index (χ2n) is 7.06. The number of Topliss-reactive ketones (excluding diaryl/α,β-unsaturated/α-hetero) is 1. The summed E-state index contributed by atoms with van der Waals surface area (Å²) in [5, 5.41) is 21.7. The molecule has 0 aliphatic heterocycles. The molecule has 0 bridgehead atoms. The molecule has 0 saturated heterocycles. The molecular formula is C21H33NO4. The number of unbranched alkanes of at least 4 members (excludes halogenated alkanes) is 4. The van der Waals surface area contributed by atoms with Crippen molar-refractivity contribution >= 4 is 11.7 Å². The fourth-order valence-corrected chi connectivity index (χ4v) is 3.00. The molecule has 0 spiro atoms. The van der Waals surface area contributed by atoms with Crippen LogP contribution in [0.1, 0.15) is 74.7 Å². The van der Waals surface area contributed by atoms with E-state index in [1.165, 1.54) is 26.2 Å². The molecule has 0 heterocycles. The molecule has 0 unspecified atom stereocenters. The maximum absolute atomic E-state index is 12.2. The third-order valence-corrected chi connectivity index (χ3v) is 4.72. The number of rotatable bonds is 13. The Balaban J connectivity index is 2.53. The summed E-state index contributed by atoms with van der Waals surface area (Å²) in [5.74, 6) is -0.112. The van der Waals surface area contributed by atoms with Gasteiger partial charge < -0.3 is 15.5 Å². The predicted octanol–water partition coefficient (Wildman–Crippen LogP) is 3.02. The molecule has 3 N–H and O–H groups in total. The van der Waals surface area contributed by atoms with Gasteiger partial charge in [0.1, 0.15) is 0 Å². The summed E-state index contributed by atoms with van der Waals surface area (Å²) in [6.45, 7) is 2.89. The van der Waals surface area contributed by atoms with Crippen molar-refractivity contribution < 1.29 is 19.8 Å². The lowest BCUT2D eigenvalue weighted by Gasteiger charge is -2.30. The van der Waals surface area contributed by atoms with E-state index in [1.54, 1.807) is 0 Å². The highest BCUT2D eigenvalue weighted by atomic mass is 16.3. The van der Waals surface area contributed by atoms with E-state index in [-0.39, 0.29) is 24.9 Å². The van der Waals surface area contributed by atoms with Crippen LogP contribution in [0.3, 0.4) is 0 Å². The Labute approximate surface area is 156 Å². The summed E-state index contributed by atoms with van der Waals surface area (Å²) < 4.78 is 0. The van der Waals surface area contributed by atoms with Crippen molar-refractivity contribution in [2.75, 3.05) is 13.2 Å². The number of nitrogens with one attached hydrogen (secondary N) is 1. The molecule has 0 aliphatic carbocycles. The largest absolute Gasteiger partial charge is 0.394 e. The van der Waals surface area contributed by atoms with Crippen LogP contribution in [-0.2, 0) is 11.2 Å². The molecule has 1 aromatic rings. The summed E-state index contributed by atoms with van der Waals surface area (Å²) in [4.78, 5) is 23.5. The fraction of sp³-hybridized carbons (Fsp3) is 0.619. The van der Waals surface area contributed by atoms with Gasteiger partial charge in [0.2, 0.25) is 5.91 Å². The number of aliphatic hydroxyl groups is 2. The second-order valence-corrected chi connectivity index (χ2v) is 7.06. The molecular weight excluding hydrogens is 330 g/mol. The molecule has 26 heavy (non-hydrogen) atoms. The maximum atomic E-state index is 12.2. The van der Waals surface area contributed by atoms with Gasteiger partial charge in [0.05, 0.1) is 18.8 Å². The van der Waals surface area contributed by atoms with Gasteiger partial charge in [0.25, 0.3) is 0 Å². The maximum Gasteiger partial charge on any atom is 0.217 e. The third kappa shape index (κ3) is 7.67. The number of hydrogen-bond acceptors (Lipinski definition) is 4. The Morgan fingerprint density at radius 2 is 1.62 bits per heavy atom. The SMILES string of the molecule is CCCCCCCC(=O)c1ccc(CCC(CO)(CO)NC(C)=O)cc1. The van der Waals surface area contributed by atoms with Crippen LogP contribution in [0.4, 0.5) is 0 Å². The smallest absolute Gasteiger partial charge is 0.217 e. The molecule has 146 valence electrons. The van der Waals surface area contributed by atoms with E-state index >= 15 is 0 Å². The highest BCUT2D eigenvalue weighted by molar-refractivity contribution is 5.96. The standard InChI is InChI=1S/C21H33NO4/c1-3-4-5-6-7-8-20(26)19-11-9-18(10-12-19)13-14-21(15-23,16-24)22-17(2)25/h9-12,23-24H,3-8,13-16H2,1-2H3,(H,22,25). The average Bonchev–Trinajstić information content (AvgIpc) is 2.65. The Kier molecular flexibility index (Phi) is 10.1. The Morgan fingerprint density at radius 1 is 1.00 bits per heavy atom. The minimum Gasteiger partial charge on any atom is -0.394 e. The lowest BCUT2D eigenvalue weighted by molar-refractivity contribution is -0.122. The molecule has 0 fully saturated rings. The van der Waals surface area contributed by atoms with Gasteiger partial charge >= 0.3 is 0 Å². The molecule has 5 nitrogen and oxygen atoms in total. The van der Waals surface area contributed by atoms with Crippen LogP contribution in [0.2, 0.25) is 0 Å². The summed E-state index contributed by atoms with van der Waals surface area (Å²) in [6, 6.07) is 7.47. The van der Waals surface area contributed by atoms with Gasteiger partial charge in [-0.15, -0.1) is 0 Å². The van der Waals surface area contributed by atoms with E-state index in [0.29, 0.717) is 19.3 Å². The highest BCUT2D eigenvalue weighted by Gasteiger charge is 2.29. The number of carbonyl (C=O) groups excluding carboxylic acids is 2. The van der Waals surface area contributed by atoms with E-state index in [4.69, 9.17) is 0 Å². The molecule has 1 amide bonds. The Bertz CT molecular complexity index is 550. The zero-order valence-corrected chi connectivity index (χ0v) is 16.1. The zero-order valence-electron chi connectivity index (χ0n) is 16.1. The van der Waals surface area contributed by atoms with E-state index in [9.17, 15) is 19.8 Å². The van der Waals surface area contributed by atoms with Crippen LogP contribution in [0.25, 0.3) is 0 Å². The first-order valence-corrected chi connectivity index (χ1v) is 9.59. The minimum absolute atomic E-state index is 0.173. The first-order valence-electron chi connectivity index (χ1n) is 9.59. The molecule has 0 aliphatic rings. The number of carbonyl (C=O) groups is 2. The quantitative estimate of drug-likeness (QED) is 0.371. The summed E-state index contributed by atoms with van der Waals surface area (Å²) in [6.07, 6.45) is 7.25. The van der Waals surface area contributed by atoms with Gasteiger partial charge in [0, 0.05) is 18.9 Å². The molecule has 0 radical (unpaired) electrons. The number of amides is 1. The lowest BCUT2D eigenvalue weighted by Crippen LogP contribution is -2.53. The molecule has 5 heteroatoms. The van der Waals surface area contributed by atoms with E-state index in [1.807, 2.05) is 24.3 Å². The molecule has 1 aromatic carbocycles. The first kappa shape index (κ1) is 22.3. The van der Waals surface area contributed by atoms with Crippen LogP contribution in [0.15, 0.2) is 24.3 Å². The lowest BCUT2D eigenvalue weighted by atomic mass is 9.92. The van der Waals surface area contributed by atoms with E-state index < -0.39 is 5.54 Å². The van der Waals surface area contributed by atoms with Crippen LogP contribution < -0.4 is 5.32 Å². The molecule has 0 aromatic heterocycles. The molecule has 0 saturated carbocycles. The van der Waals surface area contributed by atoms with Crippen molar-refractivity contribution in [3.63, 3.8) is 0 Å². The van der Waals surface area contributed by atoms with E-state index in [2.05, 4.69) is 12.2 Å². The van der Waals surface area contributed by atoms with Gasteiger partial charge in [-0.1, -0.05) is 56.9 Å². The van der Waals surface area contributed by atoms with E-state index in [0.717, 1.165) is 24.0 Å². The summed E-state index contributed by atoms with van der Waals surface area (Å²) in [5.41, 5.74) is 0.710. The fourth-order valence-electron chi connectivity index (χ4n) is 3.00. The van der Waals surface area contributed by atoms with Crippen molar-refractivity contribution in [1.82, 2.24) is 5.32 Å². The highest BCUT2D eigenvalue weighted by Crippen LogP contribution is 2.16. The third-order valence-electron chi connectivity index (χ3n) is 4.72. The molecule has 1 rings (SSSR count). The normalized spacial score (nSPS) is 11.4. The van der Waals surface area contributed by atoms with Crippen molar-refractivity contribution in [2.24, 2.45) is 0 Å².